The van der Waals surface area contributed by atoms with E-state index in [9.17, 15) is 8.42 Å². The van der Waals surface area contributed by atoms with Gasteiger partial charge < -0.3 is 9.84 Å². The second-order valence-electron chi connectivity index (χ2n) is 6.15. The third-order valence-corrected chi connectivity index (χ3v) is 6.15. The van der Waals surface area contributed by atoms with Gasteiger partial charge in [0.1, 0.15) is 0 Å². The van der Waals surface area contributed by atoms with Gasteiger partial charge in [-0.3, -0.25) is 4.31 Å². The Balaban J connectivity index is 1.85. The predicted molar refractivity (Wildman–Crippen MR) is 92.4 cm³/mol. The van der Waals surface area contributed by atoms with E-state index in [0.717, 1.165) is 11.1 Å². The number of hydrogen-bond donors (Lipinski definition) is 1. The van der Waals surface area contributed by atoms with E-state index in [1.165, 1.54) is 4.31 Å². The van der Waals surface area contributed by atoms with Gasteiger partial charge in [-0.2, -0.15) is 4.98 Å². The third-order valence-electron chi connectivity index (χ3n) is 4.28. The molecule has 0 saturated carbocycles. The zero-order valence-electron chi connectivity index (χ0n) is 14.1. The highest BCUT2D eigenvalue weighted by Crippen LogP contribution is 2.30. The van der Waals surface area contributed by atoms with E-state index in [4.69, 9.17) is 4.52 Å². The summed E-state index contributed by atoms with van der Waals surface area (Å²) in [6.07, 6.45) is 1.35. The van der Waals surface area contributed by atoms with Crippen LogP contribution in [0.15, 0.2) is 22.7 Å². The normalized spacial score (nSPS) is 18.0. The highest BCUT2D eigenvalue weighted by molar-refractivity contribution is 7.93. The van der Waals surface area contributed by atoms with Crippen LogP contribution in [0.1, 0.15) is 24.7 Å². The Morgan fingerprint density at radius 3 is 2.83 bits per heavy atom. The van der Waals surface area contributed by atoms with E-state index in [-0.39, 0.29) is 11.8 Å². The highest BCUT2D eigenvalue weighted by Gasteiger charge is 2.28. The van der Waals surface area contributed by atoms with Gasteiger partial charge in [0.05, 0.1) is 11.4 Å². The van der Waals surface area contributed by atoms with E-state index >= 15 is 0 Å². The average molecular weight is 350 g/mol. The van der Waals surface area contributed by atoms with E-state index in [0.29, 0.717) is 36.8 Å². The summed E-state index contributed by atoms with van der Waals surface area (Å²) < 4.78 is 30.9. The maximum absolute atomic E-state index is 12.0. The van der Waals surface area contributed by atoms with Gasteiger partial charge in [0, 0.05) is 24.6 Å². The van der Waals surface area contributed by atoms with Crippen LogP contribution in [-0.2, 0) is 16.4 Å². The van der Waals surface area contributed by atoms with Crippen LogP contribution in [0, 0.1) is 6.92 Å². The lowest BCUT2D eigenvalue weighted by atomic mass is 10.1. The number of benzene rings is 1. The number of anilines is 1. The minimum atomic E-state index is -3.17. The van der Waals surface area contributed by atoms with Crippen LogP contribution < -0.4 is 9.62 Å². The predicted octanol–water partition coefficient (Wildman–Crippen LogP) is 1.74. The quantitative estimate of drug-likeness (QED) is 0.883. The fourth-order valence-electron chi connectivity index (χ4n) is 2.79. The van der Waals surface area contributed by atoms with Crippen molar-refractivity contribution >= 4 is 15.7 Å². The van der Waals surface area contributed by atoms with Gasteiger partial charge in [0.2, 0.25) is 10.0 Å². The molecule has 1 N–H and O–H groups in total. The van der Waals surface area contributed by atoms with Crippen LogP contribution in [0.25, 0.3) is 11.5 Å². The number of rotatable bonds is 5. The van der Waals surface area contributed by atoms with Gasteiger partial charge in [-0.25, -0.2) is 8.42 Å². The number of sulfonamides is 1. The van der Waals surface area contributed by atoms with Gasteiger partial charge in [0.15, 0.2) is 5.82 Å². The van der Waals surface area contributed by atoms with Crippen molar-refractivity contribution in [3.8, 4) is 11.5 Å². The molecule has 0 aliphatic carbocycles. The van der Waals surface area contributed by atoms with E-state index in [1.807, 2.05) is 33.0 Å². The molecule has 130 valence electrons. The molecule has 2 aromatic rings. The summed E-state index contributed by atoms with van der Waals surface area (Å²) in [6.45, 7) is 4.50. The van der Waals surface area contributed by atoms with Crippen molar-refractivity contribution in [2.75, 3.05) is 23.7 Å². The number of aryl methyl sites for hydroxylation is 1. The van der Waals surface area contributed by atoms with Crippen LogP contribution in [0.2, 0.25) is 0 Å². The molecule has 1 aliphatic heterocycles. The standard InChI is InChI=1S/C16H22N4O3S/c1-11-9-13(20-7-4-8-24(20,21)22)5-6-14(11)16-18-15(19-23-16)10-12(2)17-3/h5-6,9,12,17H,4,7-8,10H2,1-3H3. The Bertz CT molecular complexity index is 832. The molecule has 1 unspecified atom stereocenters. The first-order valence-electron chi connectivity index (χ1n) is 8.02. The van der Waals surface area contributed by atoms with Crippen molar-refractivity contribution in [2.45, 2.75) is 32.7 Å². The average Bonchev–Trinajstić information content (AvgIpc) is 3.13. The molecule has 1 aliphatic rings. The van der Waals surface area contributed by atoms with Crippen molar-refractivity contribution in [3.63, 3.8) is 0 Å². The summed E-state index contributed by atoms with van der Waals surface area (Å²) in [6, 6.07) is 5.76. The van der Waals surface area contributed by atoms with Crippen LogP contribution >= 0.6 is 0 Å². The largest absolute Gasteiger partial charge is 0.334 e. The zero-order valence-corrected chi connectivity index (χ0v) is 14.9. The molecule has 1 aromatic heterocycles. The number of nitrogens with one attached hydrogen (secondary N) is 1. The van der Waals surface area contributed by atoms with Crippen LogP contribution in [0.4, 0.5) is 5.69 Å². The lowest BCUT2D eigenvalue weighted by Gasteiger charge is -2.17. The summed E-state index contributed by atoms with van der Waals surface area (Å²) in [5.41, 5.74) is 2.43. The van der Waals surface area contributed by atoms with Crippen molar-refractivity contribution in [1.29, 1.82) is 0 Å². The van der Waals surface area contributed by atoms with Gasteiger partial charge in [-0.15, -0.1) is 0 Å². The Morgan fingerprint density at radius 1 is 1.42 bits per heavy atom. The molecule has 0 radical (unpaired) electrons. The number of hydrogen-bond acceptors (Lipinski definition) is 6. The molecule has 24 heavy (non-hydrogen) atoms. The lowest BCUT2D eigenvalue weighted by molar-refractivity contribution is 0.418. The van der Waals surface area contributed by atoms with E-state index in [2.05, 4.69) is 15.5 Å². The molecule has 3 rings (SSSR count). The van der Waals surface area contributed by atoms with Gasteiger partial charge >= 0.3 is 0 Å². The Kier molecular flexibility index (Phi) is 4.60. The minimum Gasteiger partial charge on any atom is -0.334 e. The molecular weight excluding hydrogens is 328 g/mol. The fraction of sp³-hybridized carbons (Fsp3) is 0.500. The molecule has 1 aromatic carbocycles. The Morgan fingerprint density at radius 2 is 2.21 bits per heavy atom. The lowest BCUT2D eigenvalue weighted by Crippen LogP contribution is -2.25. The molecular formula is C16H22N4O3S. The SMILES string of the molecule is CNC(C)Cc1noc(-c2ccc(N3CCCS3(=O)=O)cc2C)n1. The number of nitrogens with zero attached hydrogens (tertiary/aromatic N) is 3. The maximum atomic E-state index is 12.0. The summed E-state index contributed by atoms with van der Waals surface area (Å²) in [5, 5.41) is 7.15. The van der Waals surface area contributed by atoms with Crippen molar-refractivity contribution in [1.82, 2.24) is 15.5 Å². The fourth-order valence-corrected chi connectivity index (χ4v) is 4.35. The second-order valence-corrected chi connectivity index (χ2v) is 8.16. The van der Waals surface area contributed by atoms with Crippen molar-refractivity contribution in [3.05, 3.63) is 29.6 Å². The molecule has 0 bridgehead atoms. The zero-order chi connectivity index (χ0) is 17.3. The minimum absolute atomic E-state index is 0.213. The van der Waals surface area contributed by atoms with Gasteiger partial charge in [-0.05, 0) is 51.1 Å². The Hall–Kier alpha value is -1.93. The summed E-state index contributed by atoms with van der Waals surface area (Å²) in [5.74, 6) is 1.32. The van der Waals surface area contributed by atoms with E-state index < -0.39 is 10.0 Å². The first-order valence-corrected chi connectivity index (χ1v) is 9.63. The molecule has 0 amide bonds. The molecule has 1 saturated heterocycles. The molecule has 2 heterocycles. The first-order chi connectivity index (χ1) is 11.4. The van der Waals surface area contributed by atoms with Crippen LogP contribution in [-0.4, -0.2) is 43.9 Å². The smallest absolute Gasteiger partial charge is 0.258 e. The second kappa shape index (κ2) is 6.52. The molecule has 0 spiro atoms. The van der Waals surface area contributed by atoms with Gasteiger partial charge in [-0.1, -0.05) is 5.16 Å². The Labute approximate surface area is 142 Å². The van der Waals surface area contributed by atoms with E-state index in [1.54, 1.807) is 6.07 Å². The first kappa shape index (κ1) is 16.9. The van der Waals surface area contributed by atoms with Crippen LogP contribution in [0.3, 0.4) is 0 Å². The topological polar surface area (TPSA) is 88.3 Å². The summed E-state index contributed by atoms with van der Waals surface area (Å²) >= 11 is 0. The molecule has 7 nitrogen and oxygen atoms in total. The summed E-state index contributed by atoms with van der Waals surface area (Å²) in [4.78, 5) is 4.44. The molecule has 8 heteroatoms. The maximum Gasteiger partial charge on any atom is 0.258 e. The number of likely N-dealkylation sites (N-methyl/N-ethyl adjacent to an activating group) is 1. The molecule has 1 fully saturated rings. The molecule has 1 atom stereocenters. The van der Waals surface area contributed by atoms with Crippen molar-refractivity contribution in [2.24, 2.45) is 0 Å². The van der Waals surface area contributed by atoms with Crippen molar-refractivity contribution < 1.29 is 12.9 Å². The highest BCUT2D eigenvalue weighted by atomic mass is 32.2. The summed E-state index contributed by atoms with van der Waals surface area (Å²) in [7, 11) is -1.28. The number of aromatic nitrogens is 2. The monoisotopic (exact) mass is 350 g/mol. The third kappa shape index (κ3) is 3.29. The van der Waals surface area contributed by atoms with Crippen LogP contribution in [0.5, 0.6) is 0 Å². The van der Waals surface area contributed by atoms with Gasteiger partial charge in [0.25, 0.3) is 5.89 Å².